The highest BCUT2D eigenvalue weighted by Gasteiger charge is 2.21. The molecule has 3 nitrogen and oxygen atoms in total. The van der Waals surface area contributed by atoms with Gasteiger partial charge in [-0.05, 0) is 61.4 Å². The Balaban J connectivity index is 2.23. The highest BCUT2D eigenvalue weighted by atomic mass is 16.5. The fourth-order valence-electron chi connectivity index (χ4n) is 2.87. The van der Waals surface area contributed by atoms with Gasteiger partial charge in [-0.15, -0.1) is 0 Å². The smallest absolute Gasteiger partial charge is 0.265 e. The molecule has 0 aliphatic rings. The van der Waals surface area contributed by atoms with E-state index in [0.29, 0.717) is 12.3 Å². The summed E-state index contributed by atoms with van der Waals surface area (Å²) in [5, 5.41) is 3.10. The first-order valence-electron chi connectivity index (χ1n) is 8.98. The second-order valence-electron chi connectivity index (χ2n) is 6.90. The van der Waals surface area contributed by atoms with Gasteiger partial charge in [0.2, 0.25) is 0 Å². The Kier molecular flexibility index (Phi) is 6.24. The summed E-state index contributed by atoms with van der Waals surface area (Å²) in [6.45, 7) is 12.3. The minimum absolute atomic E-state index is 0.0976. The molecule has 0 spiro atoms. The standard InChI is InChI=1S/C22H29NO2/c1-7-19(25-20-13-9-10-15(4)17(20)6)22(24)23-21-16(5)11-8-12-18(21)14(2)3/h8-14,19H,7H2,1-6H3,(H,23,24). The number of hydrogen-bond donors (Lipinski definition) is 1. The summed E-state index contributed by atoms with van der Waals surface area (Å²) in [5.41, 5.74) is 5.36. The van der Waals surface area contributed by atoms with Gasteiger partial charge in [-0.1, -0.05) is 51.1 Å². The minimum atomic E-state index is -0.514. The zero-order valence-corrected chi connectivity index (χ0v) is 16.1. The SMILES string of the molecule is CCC(Oc1cccc(C)c1C)C(=O)Nc1c(C)cccc1C(C)C. The molecule has 0 radical (unpaired) electrons. The van der Waals surface area contributed by atoms with Crippen molar-refractivity contribution in [1.29, 1.82) is 0 Å². The number of amides is 1. The van der Waals surface area contributed by atoms with Crippen molar-refractivity contribution in [2.45, 2.75) is 60.0 Å². The van der Waals surface area contributed by atoms with Gasteiger partial charge in [0.1, 0.15) is 5.75 Å². The number of ether oxygens (including phenoxy) is 1. The van der Waals surface area contributed by atoms with E-state index in [4.69, 9.17) is 4.74 Å². The Morgan fingerprint density at radius 1 is 1.04 bits per heavy atom. The Morgan fingerprint density at radius 2 is 1.68 bits per heavy atom. The molecule has 0 saturated carbocycles. The second-order valence-corrected chi connectivity index (χ2v) is 6.90. The van der Waals surface area contributed by atoms with Crippen LogP contribution in [0.2, 0.25) is 0 Å². The van der Waals surface area contributed by atoms with Gasteiger partial charge >= 0.3 is 0 Å². The molecule has 1 atom stereocenters. The number of carbonyl (C=O) groups excluding carboxylic acids is 1. The van der Waals surface area contributed by atoms with E-state index < -0.39 is 6.10 Å². The third-order valence-corrected chi connectivity index (χ3v) is 4.66. The predicted molar refractivity (Wildman–Crippen MR) is 105 cm³/mol. The van der Waals surface area contributed by atoms with Crippen LogP contribution in [0.3, 0.4) is 0 Å². The first-order valence-corrected chi connectivity index (χ1v) is 8.98. The van der Waals surface area contributed by atoms with Gasteiger partial charge in [-0.3, -0.25) is 4.79 Å². The van der Waals surface area contributed by atoms with Crippen molar-refractivity contribution in [2.75, 3.05) is 5.32 Å². The first kappa shape index (κ1) is 19.0. The topological polar surface area (TPSA) is 38.3 Å². The van der Waals surface area contributed by atoms with Crippen LogP contribution in [0, 0.1) is 20.8 Å². The Hall–Kier alpha value is -2.29. The number of para-hydroxylation sites is 1. The fraction of sp³-hybridized carbons (Fsp3) is 0.409. The molecule has 2 aromatic carbocycles. The van der Waals surface area contributed by atoms with Crippen LogP contribution in [0.4, 0.5) is 5.69 Å². The largest absolute Gasteiger partial charge is 0.480 e. The van der Waals surface area contributed by atoms with Crippen LogP contribution in [0.15, 0.2) is 36.4 Å². The van der Waals surface area contributed by atoms with Crippen molar-refractivity contribution in [2.24, 2.45) is 0 Å². The molecule has 0 fully saturated rings. The lowest BCUT2D eigenvalue weighted by molar-refractivity contribution is -0.122. The summed E-state index contributed by atoms with van der Waals surface area (Å²) in [6.07, 6.45) is 0.0994. The molecular formula is C22H29NO2. The maximum absolute atomic E-state index is 12.8. The van der Waals surface area contributed by atoms with Crippen LogP contribution < -0.4 is 10.1 Å². The summed E-state index contributed by atoms with van der Waals surface area (Å²) >= 11 is 0. The summed E-state index contributed by atoms with van der Waals surface area (Å²) in [7, 11) is 0. The summed E-state index contributed by atoms with van der Waals surface area (Å²) in [4.78, 5) is 12.8. The van der Waals surface area contributed by atoms with Gasteiger partial charge < -0.3 is 10.1 Å². The van der Waals surface area contributed by atoms with Gasteiger partial charge in [0.05, 0.1) is 0 Å². The number of hydrogen-bond acceptors (Lipinski definition) is 2. The number of nitrogens with one attached hydrogen (secondary N) is 1. The first-order chi connectivity index (χ1) is 11.8. The number of anilines is 1. The van der Waals surface area contributed by atoms with E-state index in [9.17, 15) is 4.79 Å². The van der Waals surface area contributed by atoms with Gasteiger partial charge in [0.25, 0.3) is 5.91 Å². The predicted octanol–water partition coefficient (Wildman–Crippen LogP) is 5.53. The zero-order chi connectivity index (χ0) is 18.6. The number of aryl methyl sites for hydroxylation is 2. The van der Waals surface area contributed by atoms with Crippen LogP contribution in [-0.2, 0) is 4.79 Å². The average Bonchev–Trinajstić information content (AvgIpc) is 2.57. The van der Waals surface area contributed by atoms with E-state index in [1.54, 1.807) is 0 Å². The van der Waals surface area contributed by atoms with Gasteiger partial charge in [0, 0.05) is 5.69 Å². The fourth-order valence-corrected chi connectivity index (χ4v) is 2.87. The molecule has 2 aromatic rings. The molecule has 1 unspecified atom stereocenters. The van der Waals surface area contributed by atoms with Crippen LogP contribution in [0.1, 0.15) is 55.4 Å². The second kappa shape index (κ2) is 8.19. The molecule has 0 bridgehead atoms. The summed E-state index contributed by atoms with van der Waals surface area (Å²) in [6, 6.07) is 12.1. The molecule has 25 heavy (non-hydrogen) atoms. The normalized spacial score (nSPS) is 12.1. The number of benzene rings is 2. The van der Waals surface area contributed by atoms with E-state index in [-0.39, 0.29) is 5.91 Å². The highest BCUT2D eigenvalue weighted by Crippen LogP contribution is 2.28. The molecule has 0 aliphatic heterocycles. The van der Waals surface area contributed by atoms with E-state index in [1.165, 1.54) is 0 Å². The van der Waals surface area contributed by atoms with Crippen molar-refractivity contribution in [3.05, 3.63) is 58.7 Å². The zero-order valence-electron chi connectivity index (χ0n) is 16.1. The van der Waals surface area contributed by atoms with E-state index in [2.05, 4.69) is 25.2 Å². The molecule has 2 rings (SSSR count). The molecule has 0 aliphatic carbocycles. The summed E-state index contributed by atoms with van der Waals surface area (Å²) in [5.74, 6) is 1.02. The Bertz CT molecular complexity index is 750. The van der Waals surface area contributed by atoms with Crippen molar-refractivity contribution >= 4 is 11.6 Å². The maximum Gasteiger partial charge on any atom is 0.265 e. The number of rotatable bonds is 6. The Morgan fingerprint density at radius 3 is 2.32 bits per heavy atom. The lowest BCUT2D eigenvalue weighted by atomic mass is 9.98. The van der Waals surface area contributed by atoms with Crippen molar-refractivity contribution < 1.29 is 9.53 Å². The molecule has 1 N–H and O–H groups in total. The molecule has 0 aromatic heterocycles. The van der Waals surface area contributed by atoms with E-state index >= 15 is 0 Å². The lowest BCUT2D eigenvalue weighted by Gasteiger charge is -2.22. The quantitative estimate of drug-likeness (QED) is 0.751. The maximum atomic E-state index is 12.8. The highest BCUT2D eigenvalue weighted by molar-refractivity contribution is 5.95. The van der Waals surface area contributed by atoms with E-state index in [0.717, 1.165) is 33.7 Å². The van der Waals surface area contributed by atoms with Gasteiger partial charge in [-0.2, -0.15) is 0 Å². The van der Waals surface area contributed by atoms with Gasteiger partial charge in [0.15, 0.2) is 6.10 Å². The van der Waals surface area contributed by atoms with Crippen LogP contribution in [0.5, 0.6) is 5.75 Å². The molecule has 134 valence electrons. The van der Waals surface area contributed by atoms with E-state index in [1.807, 2.05) is 58.0 Å². The summed E-state index contributed by atoms with van der Waals surface area (Å²) < 4.78 is 6.04. The third-order valence-electron chi connectivity index (χ3n) is 4.66. The molecule has 0 heterocycles. The monoisotopic (exact) mass is 339 g/mol. The average molecular weight is 339 g/mol. The number of carbonyl (C=O) groups is 1. The van der Waals surface area contributed by atoms with Crippen LogP contribution >= 0.6 is 0 Å². The lowest BCUT2D eigenvalue weighted by Crippen LogP contribution is -2.33. The third kappa shape index (κ3) is 4.41. The molecule has 1 amide bonds. The van der Waals surface area contributed by atoms with Crippen LogP contribution in [-0.4, -0.2) is 12.0 Å². The van der Waals surface area contributed by atoms with Crippen LogP contribution in [0.25, 0.3) is 0 Å². The minimum Gasteiger partial charge on any atom is -0.480 e. The molecule has 3 heteroatoms. The van der Waals surface area contributed by atoms with Crippen molar-refractivity contribution in [3.63, 3.8) is 0 Å². The Labute approximate surface area is 151 Å². The van der Waals surface area contributed by atoms with Crippen molar-refractivity contribution in [3.8, 4) is 5.75 Å². The molecule has 0 saturated heterocycles. The molecular weight excluding hydrogens is 310 g/mol. The van der Waals surface area contributed by atoms with Gasteiger partial charge in [-0.25, -0.2) is 0 Å². The van der Waals surface area contributed by atoms with Crippen molar-refractivity contribution in [1.82, 2.24) is 0 Å².